The summed E-state index contributed by atoms with van der Waals surface area (Å²) in [5, 5.41) is 14.3. The van der Waals surface area contributed by atoms with Crippen LogP contribution in [0.25, 0.3) is 0 Å². The number of nitrogens with zero attached hydrogens (tertiary/aromatic N) is 1. The molecule has 0 radical (unpaired) electrons. The molecule has 2 atom stereocenters. The number of halogens is 2. The van der Waals surface area contributed by atoms with Gasteiger partial charge in [-0.25, -0.2) is 22.2 Å². The summed E-state index contributed by atoms with van der Waals surface area (Å²) in [5.41, 5.74) is 0.738. The van der Waals surface area contributed by atoms with Gasteiger partial charge in [0.1, 0.15) is 17.7 Å². The van der Waals surface area contributed by atoms with Crippen molar-refractivity contribution in [2.45, 2.75) is 31.9 Å². The van der Waals surface area contributed by atoms with E-state index in [9.17, 15) is 17.9 Å². The van der Waals surface area contributed by atoms with Crippen LogP contribution >= 0.6 is 0 Å². The summed E-state index contributed by atoms with van der Waals surface area (Å²) in [6.45, 7) is 1.67. The summed E-state index contributed by atoms with van der Waals surface area (Å²) < 4.78 is 56.0. The number of para-hydroxylation sites is 1. The summed E-state index contributed by atoms with van der Waals surface area (Å²) in [5.74, 6) is -1.85. The van der Waals surface area contributed by atoms with Crippen LogP contribution in [0.15, 0.2) is 53.7 Å². The van der Waals surface area contributed by atoms with E-state index >= 15 is 4.39 Å². The van der Waals surface area contributed by atoms with Crippen molar-refractivity contribution in [1.29, 1.82) is 0 Å². The van der Waals surface area contributed by atoms with Gasteiger partial charge in [-0.15, -0.1) is 0 Å². The van der Waals surface area contributed by atoms with Crippen LogP contribution < -0.4 is 10.0 Å². The predicted molar refractivity (Wildman–Crippen MR) is 125 cm³/mol. The van der Waals surface area contributed by atoms with E-state index in [0.29, 0.717) is 24.2 Å². The molecule has 1 aliphatic heterocycles. The van der Waals surface area contributed by atoms with Crippen molar-refractivity contribution < 1.29 is 22.3 Å². The molecule has 0 spiro atoms. The number of fused-ring (bicyclic) bond motifs is 1. The minimum absolute atomic E-state index is 0.191. The lowest BCUT2D eigenvalue weighted by molar-refractivity contribution is 0.208. The first kappa shape index (κ1) is 22.9. The Bertz CT molecular complexity index is 1280. The van der Waals surface area contributed by atoms with Crippen molar-refractivity contribution in [3.05, 3.63) is 77.0 Å². The molecule has 33 heavy (non-hydrogen) atoms. The van der Waals surface area contributed by atoms with E-state index in [1.54, 1.807) is 13.1 Å². The van der Waals surface area contributed by atoms with Gasteiger partial charge in [0.15, 0.2) is 5.82 Å². The highest BCUT2D eigenvalue weighted by Gasteiger charge is 2.29. The molecule has 0 bridgehead atoms. The van der Waals surface area contributed by atoms with Crippen LogP contribution in [0.5, 0.6) is 0 Å². The smallest absolute Gasteiger partial charge is 0.232 e. The Morgan fingerprint density at radius 3 is 2.70 bits per heavy atom. The molecule has 2 unspecified atom stereocenters. The minimum Gasteiger partial charge on any atom is -0.383 e. The van der Waals surface area contributed by atoms with Gasteiger partial charge in [0.2, 0.25) is 10.0 Å². The van der Waals surface area contributed by atoms with Crippen molar-refractivity contribution in [2.75, 3.05) is 15.8 Å². The molecule has 1 aromatic heterocycles. The van der Waals surface area contributed by atoms with Crippen molar-refractivity contribution in [3.8, 4) is 0 Å². The molecule has 0 fully saturated rings. The lowest BCUT2D eigenvalue weighted by Crippen LogP contribution is -2.26. The average Bonchev–Trinajstić information content (AvgIpc) is 3.20. The van der Waals surface area contributed by atoms with Gasteiger partial charge in [-0.1, -0.05) is 25.1 Å². The molecule has 4 rings (SSSR count). The molecule has 0 aliphatic carbocycles. The Labute approximate surface area is 190 Å². The second-order valence-electron chi connectivity index (χ2n) is 7.82. The van der Waals surface area contributed by atoms with Crippen LogP contribution in [0.2, 0.25) is 0 Å². The molecule has 3 aromatic rings. The number of sulfonamides is 1. The zero-order valence-electron chi connectivity index (χ0n) is 17.8. The lowest BCUT2D eigenvalue weighted by atomic mass is 9.94. The number of aliphatic hydroxyl groups is 1. The zero-order valence-corrected chi connectivity index (χ0v) is 18.7. The lowest BCUT2D eigenvalue weighted by Gasteiger charge is -2.22. The van der Waals surface area contributed by atoms with Crippen LogP contribution in [0, 0.1) is 11.6 Å². The first-order chi connectivity index (χ1) is 15.8. The topological polar surface area (TPSA) is 107 Å². The highest BCUT2D eigenvalue weighted by atomic mass is 32.2. The monoisotopic (exact) mass is 474 g/mol. The molecular weight excluding hydrogens is 450 g/mol. The number of benzene rings is 2. The average molecular weight is 475 g/mol. The molecular formula is C23H24F2N4O3S. The van der Waals surface area contributed by atoms with E-state index in [2.05, 4.69) is 20.0 Å². The molecule has 2 aromatic carbocycles. The first-order valence-electron chi connectivity index (χ1n) is 10.5. The van der Waals surface area contributed by atoms with Crippen molar-refractivity contribution in [3.63, 3.8) is 0 Å². The largest absolute Gasteiger partial charge is 0.383 e. The van der Waals surface area contributed by atoms with Gasteiger partial charge < -0.3 is 15.4 Å². The first-order valence-corrected chi connectivity index (χ1v) is 12.2. The molecule has 1 aliphatic rings. The van der Waals surface area contributed by atoms with E-state index in [-0.39, 0.29) is 17.4 Å². The van der Waals surface area contributed by atoms with Gasteiger partial charge in [0.25, 0.3) is 0 Å². The second-order valence-corrected chi connectivity index (χ2v) is 9.66. The molecule has 0 saturated heterocycles. The fourth-order valence-corrected chi connectivity index (χ4v) is 4.98. The third kappa shape index (κ3) is 4.91. The summed E-state index contributed by atoms with van der Waals surface area (Å²) >= 11 is 0. The van der Waals surface area contributed by atoms with E-state index in [4.69, 9.17) is 0 Å². The Hall–Kier alpha value is -3.24. The maximum atomic E-state index is 15.2. The van der Waals surface area contributed by atoms with Gasteiger partial charge in [-0.05, 0) is 30.7 Å². The SMILES string of the molecule is CCCS(=O)(=O)Nc1ccc(F)c(C(O)c2c[nH]c3c2CC(Nc2ccccc2)C=N3)c1F. The van der Waals surface area contributed by atoms with Crippen LogP contribution in [0.4, 0.5) is 26.0 Å². The fraction of sp³-hybridized carbons (Fsp3) is 0.261. The van der Waals surface area contributed by atoms with Gasteiger partial charge in [-0.3, -0.25) is 4.72 Å². The number of H-pyrrole nitrogens is 1. The van der Waals surface area contributed by atoms with Gasteiger partial charge in [0.05, 0.1) is 23.0 Å². The molecule has 2 heterocycles. The molecule has 10 heteroatoms. The summed E-state index contributed by atoms with van der Waals surface area (Å²) in [7, 11) is -3.80. The van der Waals surface area contributed by atoms with E-state index in [1.165, 1.54) is 6.20 Å². The van der Waals surface area contributed by atoms with E-state index in [1.807, 2.05) is 30.3 Å². The van der Waals surface area contributed by atoms with E-state index in [0.717, 1.165) is 17.8 Å². The fourth-order valence-electron chi connectivity index (χ4n) is 3.85. The zero-order chi connectivity index (χ0) is 23.6. The molecule has 4 N–H and O–H groups in total. The number of rotatable bonds is 8. The number of aromatic nitrogens is 1. The predicted octanol–water partition coefficient (Wildman–Crippen LogP) is 4.27. The Morgan fingerprint density at radius 2 is 1.97 bits per heavy atom. The van der Waals surface area contributed by atoms with Crippen LogP contribution in [0.3, 0.4) is 0 Å². The van der Waals surface area contributed by atoms with E-state index < -0.39 is 39.0 Å². The minimum atomic E-state index is -3.80. The van der Waals surface area contributed by atoms with Crippen molar-refractivity contribution in [1.82, 2.24) is 4.98 Å². The number of hydrogen-bond donors (Lipinski definition) is 4. The number of aromatic amines is 1. The van der Waals surface area contributed by atoms with Crippen molar-refractivity contribution in [2.24, 2.45) is 4.99 Å². The molecule has 7 nitrogen and oxygen atoms in total. The summed E-state index contributed by atoms with van der Waals surface area (Å²) in [4.78, 5) is 7.29. The van der Waals surface area contributed by atoms with Gasteiger partial charge in [0, 0.05) is 35.6 Å². The number of anilines is 2. The Morgan fingerprint density at radius 1 is 1.21 bits per heavy atom. The van der Waals surface area contributed by atoms with Crippen molar-refractivity contribution >= 4 is 33.4 Å². The highest BCUT2D eigenvalue weighted by molar-refractivity contribution is 7.92. The van der Waals surface area contributed by atoms with Gasteiger partial charge >= 0.3 is 0 Å². The molecule has 0 amide bonds. The maximum Gasteiger partial charge on any atom is 0.232 e. The Balaban J connectivity index is 1.63. The third-order valence-electron chi connectivity index (χ3n) is 5.37. The molecule has 174 valence electrons. The normalized spacial score (nSPS) is 16.3. The summed E-state index contributed by atoms with van der Waals surface area (Å²) in [6.07, 6.45) is 2.29. The third-order valence-corrected chi connectivity index (χ3v) is 6.84. The quantitative estimate of drug-likeness (QED) is 0.391. The number of nitrogens with one attached hydrogen (secondary N) is 3. The second kappa shape index (κ2) is 9.32. The molecule has 0 saturated carbocycles. The number of aliphatic imine (C=N–C) groups is 1. The standard InChI is InChI=1S/C23H24F2N4O3S/c1-2-10-33(31,32)29-19-9-8-18(24)20(21(19)25)22(30)17-13-27-23-16(17)11-15(12-26-23)28-14-6-4-3-5-7-14/h3-9,12-13,15,22,27-30H,2,10-11H2,1H3. The summed E-state index contributed by atoms with van der Waals surface area (Å²) in [6, 6.07) is 11.3. The Kier molecular flexibility index (Phi) is 6.48. The van der Waals surface area contributed by atoms with Crippen LogP contribution in [-0.2, 0) is 16.4 Å². The van der Waals surface area contributed by atoms with Gasteiger partial charge in [-0.2, -0.15) is 0 Å². The maximum absolute atomic E-state index is 15.2. The number of aliphatic hydroxyl groups excluding tert-OH is 1. The number of hydrogen-bond acceptors (Lipinski definition) is 5. The van der Waals surface area contributed by atoms with Crippen LogP contribution in [-0.4, -0.2) is 36.5 Å². The van der Waals surface area contributed by atoms with Crippen LogP contribution in [0.1, 0.15) is 36.1 Å². The highest BCUT2D eigenvalue weighted by Crippen LogP contribution is 2.37.